The van der Waals surface area contributed by atoms with Gasteiger partial charge in [-0.25, -0.2) is 8.78 Å². The van der Waals surface area contributed by atoms with Crippen LogP contribution in [0.25, 0.3) is 6.08 Å². The lowest BCUT2D eigenvalue weighted by atomic mass is 10.1. The average Bonchev–Trinajstić information content (AvgIpc) is 2.41. The fraction of sp³-hybridized carbons (Fsp3) is 0. The molecule has 0 aliphatic rings. The maximum Gasteiger partial charge on any atom is 0.185 e. The van der Waals surface area contributed by atoms with Gasteiger partial charge in [0.05, 0.1) is 0 Å². The number of benzene rings is 2. The van der Waals surface area contributed by atoms with Crippen LogP contribution in [0.15, 0.2) is 48.5 Å². The van der Waals surface area contributed by atoms with Gasteiger partial charge in [-0.15, -0.1) is 0 Å². The fourth-order valence-electron chi connectivity index (χ4n) is 1.58. The maximum atomic E-state index is 13.1. The van der Waals surface area contributed by atoms with Crippen LogP contribution in [-0.2, 0) is 0 Å². The van der Waals surface area contributed by atoms with Gasteiger partial charge < -0.3 is 5.11 Å². The second kappa shape index (κ2) is 5.44. The first-order valence-electron chi connectivity index (χ1n) is 5.53. The molecule has 0 bridgehead atoms. The fourth-order valence-corrected chi connectivity index (χ4v) is 1.58. The van der Waals surface area contributed by atoms with E-state index in [0.717, 1.165) is 12.1 Å². The molecule has 0 radical (unpaired) electrons. The van der Waals surface area contributed by atoms with Crippen LogP contribution >= 0.6 is 0 Å². The summed E-state index contributed by atoms with van der Waals surface area (Å²) in [6.07, 6.45) is 2.33. The molecule has 0 atom stereocenters. The number of hydrogen-bond acceptors (Lipinski definition) is 2. The second-order valence-corrected chi connectivity index (χ2v) is 3.89. The van der Waals surface area contributed by atoms with Crippen molar-refractivity contribution in [2.24, 2.45) is 0 Å². The van der Waals surface area contributed by atoms with Crippen molar-refractivity contribution >= 4 is 11.9 Å². The van der Waals surface area contributed by atoms with Crippen LogP contribution in [0.3, 0.4) is 0 Å². The molecule has 2 nitrogen and oxygen atoms in total. The van der Waals surface area contributed by atoms with Crippen LogP contribution in [-0.4, -0.2) is 10.9 Å². The Kier molecular flexibility index (Phi) is 3.71. The number of phenolic OH excluding ortho intramolecular Hbond substituents is 1. The van der Waals surface area contributed by atoms with E-state index in [0.29, 0.717) is 11.6 Å². The second-order valence-electron chi connectivity index (χ2n) is 3.89. The first-order valence-corrected chi connectivity index (χ1v) is 5.53. The monoisotopic (exact) mass is 260 g/mol. The molecule has 2 aromatic carbocycles. The quantitative estimate of drug-likeness (QED) is 0.676. The molecule has 0 aromatic heterocycles. The third kappa shape index (κ3) is 3.04. The number of halogens is 2. The van der Waals surface area contributed by atoms with Crippen molar-refractivity contribution in [1.29, 1.82) is 0 Å². The van der Waals surface area contributed by atoms with Gasteiger partial charge in [0, 0.05) is 17.2 Å². The molecule has 1 N–H and O–H groups in total. The van der Waals surface area contributed by atoms with E-state index in [9.17, 15) is 18.7 Å². The Morgan fingerprint density at radius 2 is 1.79 bits per heavy atom. The smallest absolute Gasteiger partial charge is 0.185 e. The summed E-state index contributed by atoms with van der Waals surface area (Å²) in [6.45, 7) is 0. The molecule has 0 fully saturated rings. The number of carbonyl (C=O) groups excluding carboxylic acids is 1. The minimum absolute atomic E-state index is 0.0817. The number of allylic oxidation sites excluding steroid dienone is 1. The molecule has 0 aliphatic heterocycles. The summed E-state index contributed by atoms with van der Waals surface area (Å²) in [5, 5.41) is 9.40. The van der Waals surface area contributed by atoms with Crippen molar-refractivity contribution in [3.63, 3.8) is 0 Å². The summed E-state index contributed by atoms with van der Waals surface area (Å²) < 4.78 is 26.1. The largest absolute Gasteiger partial charge is 0.504 e. The molecule has 2 rings (SSSR count). The lowest BCUT2D eigenvalue weighted by Crippen LogP contribution is -1.93. The molecular weight excluding hydrogens is 250 g/mol. The highest BCUT2D eigenvalue weighted by atomic mass is 19.1. The minimum Gasteiger partial charge on any atom is -0.504 e. The third-order valence-electron chi connectivity index (χ3n) is 2.53. The van der Waals surface area contributed by atoms with E-state index >= 15 is 0 Å². The van der Waals surface area contributed by atoms with Gasteiger partial charge in [-0.2, -0.15) is 0 Å². The predicted molar refractivity (Wildman–Crippen MR) is 67.8 cm³/mol. The number of hydrogen-bond donors (Lipinski definition) is 1. The molecule has 19 heavy (non-hydrogen) atoms. The van der Waals surface area contributed by atoms with Crippen molar-refractivity contribution in [3.8, 4) is 5.75 Å². The highest BCUT2D eigenvalue weighted by Gasteiger charge is 2.08. The first kappa shape index (κ1) is 13.0. The van der Waals surface area contributed by atoms with Crippen molar-refractivity contribution in [2.45, 2.75) is 0 Å². The Balaban J connectivity index is 2.27. The van der Waals surface area contributed by atoms with Crippen molar-refractivity contribution < 1.29 is 18.7 Å². The van der Waals surface area contributed by atoms with Crippen LogP contribution in [0.4, 0.5) is 8.78 Å². The van der Waals surface area contributed by atoms with Crippen molar-refractivity contribution in [2.75, 3.05) is 0 Å². The van der Waals surface area contributed by atoms with E-state index in [1.807, 2.05) is 0 Å². The van der Waals surface area contributed by atoms with E-state index < -0.39 is 17.4 Å². The van der Waals surface area contributed by atoms with Crippen molar-refractivity contribution in [3.05, 3.63) is 71.3 Å². The van der Waals surface area contributed by atoms with Gasteiger partial charge in [0.2, 0.25) is 0 Å². The van der Waals surface area contributed by atoms with E-state index in [1.54, 1.807) is 30.3 Å². The number of rotatable bonds is 3. The number of phenols is 1. The predicted octanol–water partition coefficient (Wildman–Crippen LogP) is 3.57. The van der Waals surface area contributed by atoms with E-state index in [4.69, 9.17) is 0 Å². The van der Waals surface area contributed by atoms with Gasteiger partial charge in [-0.3, -0.25) is 4.79 Å². The van der Waals surface area contributed by atoms with Gasteiger partial charge in [-0.05, 0) is 18.2 Å². The lowest BCUT2D eigenvalue weighted by Gasteiger charge is -2.01. The van der Waals surface area contributed by atoms with Gasteiger partial charge in [0.15, 0.2) is 17.3 Å². The zero-order chi connectivity index (χ0) is 13.8. The zero-order valence-corrected chi connectivity index (χ0v) is 9.81. The molecule has 0 saturated carbocycles. The van der Waals surface area contributed by atoms with Crippen LogP contribution < -0.4 is 0 Å². The zero-order valence-electron chi connectivity index (χ0n) is 9.81. The Morgan fingerprint density at radius 3 is 2.47 bits per heavy atom. The molecule has 2 aromatic rings. The Morgan fingerprint density at radius 1 is 1.11 bits per heavy atom. The summed E-state index contributed by atoms with van der Waals surface area (Å²) in [6, 6.07) is 9.96. The number of carbonyl (C=O) groups is 1. The Labute approximate surface area is 108 Å². The molecule has 0 unspecified atom stereocenters. The molecule has 0 saturated heterocycles. The molecule has 4 heteroatoms. The SMILES string of the molecule is O=C(/C=C/c1cc(F)cc(F)c1O)c1ccccc1. The molecule has 0 spiro atoms. The van der Waals surface area contributed by atoms with Gasteiger partial charge in [0.1, 0.15) is 5.82 Å². The normalized spacial score (nSPS) is 10.8. The first-order chi connectivity index (χ1) is 9.08. The van der Waals surface area contributed by atoms with Gasteiger partial charge in [-0.1, -0.05) is 30.3 Å². The molecule has 96 valence electrons. The molecular formula is C15H10F2O2. The molecule has 0 amide bonds. The Bertz CT molecular complexity index is 634. The standard InChI is InChI=1S/C15H10F2O2/c16-12-8-11(15(19)13(17)9-12)6-7-14(18)10-4-2-1-3-5-10/h1-9,19H/b7-6+. The third-order valence-corrected chi connectivity index (χ3v) is 2.53. The molecule has 0 aliphatic carbocycles. The summed E-state index contributed by atoms with van der Waals surface area (Å²) in [5.74, 6) is -2.88. The summed E-state index contributed by atoms with van der Waals surface area (Å²) in [5.41, 5.74) is 0.372. The summed E-state index contributed by atoms with van der Waals surface area (Å²) in [4.78, 5) is 11.7. The van der Waals surface area contributed by atoms with Crippen LogP contribution in [0, 0.1) is 11.6 Å². The van der Waals surface area contributed by atoms with Gasteiger partial charge >= 0.3 is 0 Å². The van der Waals surface area contributed by atoms with E-state index in [1.165, 1.54) is 6.08 Å². The molecule has 0 heterocycles. The van der Waals surface area contributed by atoms with Crippen molar-refractivity contribution in [1.82, 2.24) is 0 Å². The Hall–Kier alpha value is -2.49. The highest BCUT2D eigenvalue weighted by Crippen LogP contribution is 2.23. The number of ketones is 1. The summed E-state index contributed by atoms with van der Waals surface area (Å²) in [7, 11) is 0. The number of aromatic hydroxyl groups is 1. The van der Waals surface area contributed by atoms with Crippen LogP contribution in [0.2, 0.25) is 0 Å². The van der Waals surface area contributed by atoms with Gasteiger partial charge in [0.25, 0.3) is 0 Å². The van der Waals surface area contributed by atoms with Crippen LogP contribution in [0.1, 0.15) is 15.9 Å². The highest BCUT2D eigenvalue weighted by molar-refractivity contribution is 6.06. The maximum absolute atomic E-state index is 13.1. The van der Waals surface area contributed by atoms with E-state index in [2.05, 4.69) is 0 Å². The summed E-state index contributed by atoms with van der Waals surface area (Å²) >= 11 is 0. The topological polar surface area (TPSA) is 37.3 Å². The lowest BCUT2D eigenvalue weighted by molar-refractivity contribution is 0.104. The average molecular weight is 260 g/mol. The van der Waals surface area contributed by atoms with Crippen LogP contribution in [0.5, 0.6) is 5.75 Å². The minimum atomic E-state index is -1.06. The van der Waals surface area contributed by atoms with E-state index in [-0.39, 0.29) is 11.3 Å².